The van der Waals surface area contributed by atoms with Crippen LogP contribution in [-0.4, -0.2) is 16.0 Å². The highest BCUT2D eigenvalue weighted by Crippen LogP contribution is 2.03. The second kappa shape index (κ2) is 5.14. The molecule has 2 N–H and O–H groups in total. The Hall–Kier alpha value is -0.670. The van der Waals surface area contributed by atoms with Crippen molar-refractivity contribution < 1.29 is 4.21 Å². The van der Waals surface area contributed by atoms with Gasteiger partial charge in [0.15, 0.2) is 0 Å². The van der Waals surface area contributed by atoms with Crippen LogP contribution >= 0.6 is 0 Å². The van der Waals surface area contributed by atoms with Gasteiger partial charge in [-0.1, -0.05) is 30.3 Å². The Bertz CT molecular complexity index is 272. The van der Waals surface area contributed by atoms with Gasteiger partial charge < -0.3 is 5.73 Å². The van der Waals surface area contributed by atoms with Gasteiger partial charge in [0.25, 0.3) is 0 Å². The van der Waals surface area contributed by atoms with E-state index in [0.717, 1.165) is 5.56 Å². The Balaban J connectivity index is 2.46. The summed E-state index contributed by atoms with van der Waals surface area (Å²) in [4.78, 5) is 0. The van der Waals surface area contributed by atoms with Gasteiger partial charge in [-0.2, -0.15) is 0 Å². The lowest BCUT2D eigenvalue weighted by atomic mass is 10.2. The molecule has 1 aromatic rings. The van der Waals surface area contributed by atoms with E-state index in [2.05, 4.69) is 0 Å². The Morgan fingerprint density at radius 3 is 2.54 bits per heavy atom. The van der Waals surface area contributed by atoms with Crippen LogP contribution in [0.4, 0.5) is 0 Å². The minimum Gasteiger partial charge on any atom is -0.327 e. The van der Waals surface area contributed by atoms with Crippen molar-refractivity contribution in [3.63, 3.8) is 0 Å². The highest BCUT2D eigenvalue weighted by molar-refractivity contribution is 7.84. The topological polar surface area (TPSA) is 43.1 Å². The largest absolute Gasteiger partial charge is 0.327 e. The maximum absolute atomic E-state index is 11.5. The molecule has 0 amide bonds. The van der Waals surface area contributed by atoms with Crippen molar-refractivity contribution in [3.8, 4) is 0 Å². The zero-order valence-corrected chi connectivity index (χ0v) is 8.59. The summed E-state index contributed by atoms with van der Waals surface area (Å²) in [7, 11) is -0.826. The fourth-order valence-corrected chi connectivity index (χ4v) is 2.38. The summed E-state index contributed by atoms with van der Waals surface area (Å²) < 4.78 is 11.5. The Morgan fingerprint density at radius 2 is 2.00 bits per heavy atom. The molecule has 0 aliphatic rings. The summed E-state index contributed by atoms with van der Waals surface area (Å²) in [6, 6.07) is 9.86. The fraction of sp³-hybridized carbons (Fsp3) is 0.400. The first kappa shape index (κ1) is 10.4. The summed E-state index contributed by atoms with van der Waals surface area (Å²) in [6.07, 6.45) is 0. The lowest BCUT2D eigenvalue weighted by Gasteiger charge is -2.04. The molecule has 0 spiro atoms. The smallest absolute Gasteiger partial charge is 0.0486 e. The molecule has 0 fully saturated rings. The predicted molar refractivity (Wildman–Crippen MR) is 56.8 cm³/mol. The third-order valence-corrected chi connectivity index (χ3v) is 3.17. The lowest BCUT2D eigenvalue weighted by molar-refractivity contribution is 0.676. The van der Waals surface area contributed by atoms with E-state index in [0.29, 0.717) is 11.5 Å². The molecule has 2 unspecified atom stereocenters. The van der Waals surface area contributed by atoms with Crippen LogP contribution < -0.4 is 5.73 Å². The molecule has 0 aliphatic carbocycles. The van der Waals surface area contributed by atoms with Crippen LogP contribution in [0.2, 0.25) is 0 Å². The summed E-state index contributed by atoms with van der Waals surface area (Å²) in [5, 5.41) is 0. The van der Waals surface area contributed by atoms with E-state index in [-0.39, 0.29) is 6.04 Å². The molecule has 0 heterocycles. The number of hydrogen-bond donors (Lipinski definition) is 1. The van der Waals surface area contributed by atoms with Crippen LogP contribution in [0.3, 0.4) is 0 Å². The molecular weight excluding hydrogens is 182 g/mol. The molecule has 0 saturated carbocycles. The molecule has 0 aromatic heterocycles. The zero-order chi connectivity index (χ0) is 9.68. The third kappa shape index (κ3) is 4.20. The van der Waals surface area contributed by atoms with E-state index >= 15 is 0 Å². The van der Waals surface area contributed by atoms with E-state index in [1.54, 1.807) is 0 Å². The SMILES string of the molecule is CC(N)CS(=O)Cc1ccccc1. The minimum atomic E-state index is -0.826. The highest BCUT2D eigenvalue weighted by Gasteiger charge is 2.03. The maximum Gasteiger partial charge on any atom is 0.0486 e. The van der Waals surface area contributed by atoms with E-state index in [1.165, 1.54) is 0 Å². The van der Waals surface area contributed by atoms with Gasteiger partial charge in [-0.05, 0) is 12.5 Å². The second-order valence-electron chi connectivity index (χ2n) is 3.21. The first-order chi connectivity index (χ1) is 6.18. The lowest BCUT2D eigenvalue weighted by Crippen LogP contribution is -2.23. The van der Waals surface area contributed by atoms with Crippen molar-refractivity contribution >= 4 is 10.8 Å². The third-order valence-electron chi connectivity index (χ3n) is 1.62. The minimum absolute atomic E-state index is 0.0181. The van der Waals surface area contributed by atoms with Crippen molar-refractivity contribution in [2.24, 2.45) is 5.73 Å². The van der Waals surface area contributed by atoms with Gasteiger partial charge in [0, 0.05) is 28.3 Å². The molecular formula is C10H15NOS. The zero-order valence-electron chi connectivity index (χ0n) is 7.77. The normalized spacial score (nSPS) is 15.2. The molecule has 0 radical (unpaired) electrons. The van der Waals surface area contributed by atoms with Crippen LogP contribution in [0.1, 0.15) is 12.5 Å². The first-order valence-electron chi connectivity index (χ1n) is 4.33. The molecule has 2 atom stereocenters. The van der Waals surface area contributed by atoms with Gasteiger partial charge in [-0.3, -0.25) is 4.21 Å². The summed E-state index contributed by atoms with van der Waals surface area (Å²) in [5.74, 6) is 1.19. The van der Waals surface area contributed by atoms with Crippen LogP contribution in [0, 0.1) is 0 Å². The maximum atomic E-state index is 11.5. The van der Waals surface area contributed by atoms with Gasteiger partial charge >= 0.3 is 0 Å². The van der Waals surface area contributed by atoms with Crippen molar-refractivity contribution in [1.29, 1.82) is 0 Å². The number of rotatable bonds is 4. The number of nitrogens with two attached hydrogens (primary N) is 1. The predicted octanol–water partition coefficient (Wildman–Crippen LogP) is 1.28. The molecule has 72 valence electrons. The molecule has 0 saturated heterocycles. The first-order valence-corrected chi connectivity index (χ1v) is 5.82. The summed E-state index contributed by atoms with van der Waals surface area (Å²) in [6.45, 7) is 1.88. The molecule has 2 nitrogen and oxygen atoms in total. The van der Waals surface area contributed by atoms with Crippen molar-refractivity contribution in [2.45, 2.75) is 18.7 Å². The van der Waals surface area contributed by atoms with Gasteiger partial charge in [-0.25, -0.2) is 0 Å². The van der Waals surface area contributed by atoms with Crippen molar-refractivity contribution in [3.05, 3.63) is 35.9 Å². The van der Waals surface area contributed by atoms with Crippen LogP contribution in [0.5, 0.6) is 0 Å². The summed E-state index contributed by atoms with van der Waals surface area (Å²) >= 11 is 0. The molecule has 0 aliphatic heterocycles. The monoisotopic (exact) mass is 197 g/mol. The molecule has 1 rings (SSSR count). The summed E-state index contributed by atoms with van der Waals surface area (Å²) in [5.41, 5.74) is 6.67. The van der Waals surface area contributed by atoms with Gasteiger partial charge in [-0.15, -0.1) is 0 Å². The van der Waals surface area contributed by atoms with E-state index in [4.69, 9.17) is 5.73 Å². The second-order valence-corrected chi connectivity index (χ2v) is 4.72. The molecule has 3 heteroatoms. The van der Waals surface area contributed by atoms with Gasteiger partial charge in [0.1, 0.15) is 0 Å². The van der Waals surface area contributed by atoms with Crippen molar-refractivity contribution in [2.75, 3.05) is 5.75 Å². The highest BCUT2D eigenvalue weighted by atomic mass is 32.2. The van der Waals surface area contributed by atoms with E-state index in [1.807, 2.05) is 37.3 Å². The average Bonchev–Trinajstić information content (AvgIpc) is 2.04. The molecule has 1 aromatic carbocycles. The average molecular weight is 197 g/mol. The Morgan fingerprint density at radius 1 is 1.38 bits per heavy atom. The quantitative estimate of drug-likeness (QED) is 0.790. The van der Waals surface area contributed by atoms with Crippen LogP contribution in [0.25, 0.3) is 0 Å². The Kier molecular flexibility index (Phi) is 4.12. The van der Waals surface area contributed by atoms with E-state index < -0.39 is 10.8 Å². The number of benzene rings is 1. The van der Waals surface area contributed by atoms with E-state index in [9.17, 15) is 4.21 Å². The van der Waals surface area contributed by atoms with Crippen molar-refractivity contribution in [1.82, 2.24) is 0 Å². The van der Waals surface area contributed by atoms with Gasteiger partial charge in [0.05, 0.1) is 0 Å². The van der Waals surface area contributed by atoms with Crippen LogP contribution in [0.15, 0.2) is 30.3 Å². The Labute approximate surface area is 81.6 Å². The molecule has 0 bridgehead atoms. The number of hydrogen-bond acceptors (Lipinski definition) is 2. The standard InChI is InChI=1S/C10H15NOS/c1-9(11)7-13(12)8-10-5-3-2-4-6-10/h2-6,9H,7-8,11H2,1H3. The molecule has 13 heavy (non-hydrogen) atoms. The fourth-order valence-electron chi connectivity index (χ4n) is 1.11. The van der Waals surface area contributed by atoms with Crippen LogP contribution in [-0.2, 0) is 16.6 Å². The van der Waals surface area contributed by atoms with Gasteiger partial charge in [0.2, 0.25) is 0 Å².